The van der Waals surface area contributed by atoms with Gasteiger partial charge in [-0.3, -0.25) is 4.79 Å². The fourth-order valence-corrected chi connectivity index (χ4v) is 2.98. The number of benzene rings is 2. The van der Waals surface area contributed by atoms with Gasteiger partial charge >= 0.3 is 0 Å². The Hall–Kier alpha value is -3.01. The fourth-order valence-electron chi connectivity index (χ4n) is 2.98. The summed E-state index contributed by atoms with van der Waals surface area (Å²) in [5.74, 6) is 0.0494. The van der Waals surface area contributed by atoms with E-state index in [9.17, 15) is 4.79 Å². The number of amides is 1. The standard InChI is InChI=1S/C20H17N3O/c24-20-11-16-8-7-15(10-19(16)23-20)18-12-17(21-13-22-18)9-6-14-4-2-1-3-5-14/h1-5,7-8,10,12-13H,6,9,11H2,(H,23,24). The van der Waals surface area contributed by atoms with Crippen molar-refractivity contribution in [3.05, 3.63) is 77.7 Å². The topological polar surface area (TPSA) is 54.9 Å². The summed E-state index contributed by atoms with van der Waals surface area (Å²) in [5, 5.41) is 2.89. The molecule has 0 saturated heterocycles. The molecule has 0 fully saturated rings. The van der Waals surface area contributed by atoms with Gasteiger partial charge < -0.3 is 5.32 Å². The molecule has 4 rings (SSSR count). The zero-order valence-electron chi connectivity index (χ0n) is 13.2. The van der Waals surface area contributed by atoms with Crippen molar-refractivity contribution in [2.24, 2.45) is 0 Å². The third-order valence-electron chi connectivity index (χ3n) is 4.27. The first-order chi connectivity index (χ1) is 11.8. The molecule has 0 radical (unpaired) electrons. The molecule has 1 N–H and O–H groups in total. The van der Waals surface area contributed by atoms with Crippen LogP contribution in [0.15, 0.2) is 60.9 Å². The van der Waals surface area contributed by atoms with Gasteiger partial charge in [-0.1, -0.05) is 42.5 Å². The molecule has 0 unspecified atom stereocenters. The van der Waals surface area contributed by atoms with Crippen molar-refractivity contribution in [3.8, 4) is 11.3 Å². The highest BCUT2D eigenvalue weighted by Crippen LogP contribution is 2.28. The molecule has 0 aliphatic carbocycles. The molecule has 4 nitrogen and oxygen atoms in total. The summed E-state index contributed by atoms with van der Waals surface area (Å²) in [5.41, 5.74) is 6.15. The second-order valence-electron chi connectivity index (χ2n) is 5.98. The minimum atomic E-state index is 0.0494. The molecular formula is C20H17N3O. The molecule has 0 spiro atoms. The Labute approximate surface area is 140 Å². The average Bonchev–Trinajstić information content (AvgIpc) is 3.00. The van der Waals surface area contributed by atoms with Crippen LogP contribution in [0.25, 0.3) is 11.3 Å². The van der Waals surface area contributed by atoms with Gasteiger partial charge in [0.05, 0.1) is 12.1 Å². The van der Waals surface area contributed by atoms with Gasteiger partial charge in [0.25, 0.3) is 0 Å². The van der Waals surface area contributed by atoms with Crippen molar-refractivity contribution in [2.75, 3.05) is 5.32 Å². The van der Waals surface area contributed by atoms with Crippen molar-refractivity contribution in [1.82, 2.24) is 9.97 Å². The summed E-state index contributed by atoms with van der Waals surface area (Å²) < 4.78 is 0. The lowest BCUT2D eigenvalue weighted by Gasteiger charge is -2.06. The van der Waals surface area contributed by atoms with Crippen molar-refractivity contribution in [2.45, 2.75) is 19.3 Å². The van der Waals surface area contributed by atoms with Crippen LogP contribution in [0.3, 0.4) is 0 Å². The number of nitrogens with one attached hydrogen (secondary N) is 1. The van der Waals surface area contributed by atoms with E-state index in [0.29, 0.717) is 6.42 Å². The number of anilines is 1. The second-order valence-corrected chi connectivity index (χ2v) is 5.98. The van der Waals surface area contributed by atoms with E-state index in [0.717, 1.165) is 41.0 Å². The lowest BCUT2D eigenvalue weighted by molar-refractivity contribution is -0.115. The van der Waals surface area contributed by atoms with E-state index in [2.05, 4.69) is 39.6 Å². The first kappa shape index (κ1) is 14.6. The molecule has 3 aromatic rings. The number of carbonyl (C=O) groups excluding carboxylic acids is 1. The largest absolute Gasteiger partial charge is 0.326 e. The lowest BCUT2D eigenvalue weighted by atomic mass is 10.0. The van der Waals surface area contributed by atoms with E-state index >= 15 is 0 Å². The number of fused-ring (bicyclic) bond motifs is 1. The number of carbonyl (C=O) groups is 1. The Bertz CT molecular complexity index is 890. The van der Waals surface area contributed by atoms with Gasteiger partial charge in [0.2, 0.25) is 5.91 Å². The van der Waals surface area contributed by atoms with Gasteiger partial charge in [-0.15, -0.1) is 0 Å². The minimum Gasteiger partial charge on any atom is -0.326 e. The average molecular weight is 315 g/mol. The van der Waals surface area contributed by atoms with Crippen LogP contribution in [-0.2, 0) is 24.1 Å². The van der Waals surface area contributed by atoms with Crippen LogP contribution >= 0.6 is 0 Å². The normalized spacial score (nSPS) is 12.8. The van der Waals surface area contributed by atoms with E-state index in [4.69, 9.17) is 0 Å². The van der Waals surface area contributed by atoms with Crippen molar-refractivity contribution < 1.29 is 4.79 Å². The van der Waals surface area contributed by atoms with Crippen LogP contribution in [0.1, 0.15) is 16.8 Å². The van der Waals surface area contributed by atoms with Gasteiger partial charge in [0, 0.05) is 16.9 Å². The van der Waals surface area contributed by atoms with Gasteiger partial charge in [-0.05, 0) is 36.1 Å². The number of aromatic nitrogens is 2. The maximum Gasteiger partial charge on any atom is 0.228 e. The summed E-state index contributed by atoms with van der Waals surface area (Å²) in [7, 11) is 0. The van der Waals surface area contributed by atoms with Gasteiger partial charge in [0.15, 0.2) is 0 Å². The summed E-state index contributed by atoms with van der Waals surface area (Å²) >= 11 is 0. The van der Waals surface area contributed by atoms with Crippen LogP contribution < -0.4 is 5.32 Å². The SMILES string of the molecule is O=C1Cc2ccc(-c3cc(CCc4ccccc4)ncn3)cc2N1. The summed E-state index contributed by atoms with van der Waals surface area (Å²) in [6.45, 7) is 0. The molecule has 24 heavy (non-hydrogen) atoms. The van der Waals surface area contributed by atoms with E-state index in [1.807, 2.05) is 30.3 Å². The van der Waals surface area contributed by atoms with Crippen LogP contribution in [-0.4, -0.2) is 15.9 Å². The zero-order chi connectivity index (χ0) is 16.4. The van der Waals surface area contributed by atoms with Crippen molar-refractivity contribution in [3.63, 3.8) is 0 Å². The van der Waals surface area contributed by atoms with E-state index in [-0.39, 0.29) is 5.91 Å². The summed E-state index contributed by atoms with van der Waals surface area (Å²) in [6.07, 6.45) is 3.90. The number of hydrogen-bond acceptors (Lipinski definition) is 3. The molecule has 118 valence electrons. The summed E-state index contributed by atoms with van der Waals surface area (Å²) in [6, 6.07) is 18.4. The Morgan fingerprint density at radius 2 is 1.83 bits per heavy atom. The Balaban J connectivity index is 1.55. The van der Waals surface area contributed by atoms with Crippen LogP contribution in [0, 0.1) is 0 Å². The Morgan fingerprint density at radius 1 is 0.958 bits per heavy atom. The molecule has 0 atom stereocenters. The van der Waals surface area contributed by atoms with E-state index < -0.39 is 0 Å². The predicted molar refractivity (Wildman–Crippen MR) is 93.7 cm³/mol. The molecule has 2 heterocycles. The highest BCUT2D eigenvalue weighted by molar-refractivity contribution is 5.99. The lowest BCUT2D eigenvalue weighted by Crippen LogP contribution is -2.03. The maximum absolute atomic E-state index is 11.5. The molecule has 0 saturated carbocycles. The maximum atomic E-state index is 11.5. The highest BCUT2D eigenvalue weighted by atomic mass is 16.1. The van der Waals surface area contributed by atoms with E-state index in [1.165, 1.54) is 5.56 Å². The van der Waals surface area contributed by atoms with Crippen LogP contribution in [0.2, 0.25) is 0 Å². The van der Waals surface area contributed by atoms with Gasteiger partial charge in [-0.2, -0.15) is 0 Å². The quantitative estimate of drug-likeness (QED) is 0.802. The number of rotatable bonds is 4. The number of aryl methyl sites for hydroxylation is 2. The number of nitrogens with zero attached hydrogens (tertiary/aromatic N) is 2. The minimum absolute atomic E-state index is 0.0494. The summed E-state index contributed by atoms with van der Waals surface area (Å²) in [4.78, 5) is 20.3. The highest BCUT2D eigenvalue weighted by Gasteiger charge is 2.18. The molecular weight excluding hydrogens is 298 g/mol. The first-order valence-corrected chi connectivity index (χ1v) is 8.06. The third-order valence-corrected chi connectivity index (χ3v) is 4.27. The third kappa shape index (κ3) is 3.04. The smallest absolute Gasteiger partial charge is 0.228 e. The van der Waals surface area contributed by atoms with Gasteiger partial charge in [0.1, 0.15) is 6.33 Å². The second kappa shape index (κ2) is 6.24. The molecule has 2 aromatic carbocycles. The monoisotopic (exact) mass is 315 g/mol. The fraction of sp³-hybridized carbons (Fsp3) is 0.150. The molecule has 1 amide bonds. The zero-order valence-corrected chi connectivity index (χ0v) is 13.2. The molecule has 1 aliphatic heterocycles. The Morgan fingerprint density at radius 3 is 2.71 bits per heavy atom. The molecule has 1 aromatic heterocycles. The van der Waals surface area contributed by atoms with Crippen molar-refractivity contribution >= 4 is 11.6 Å². The first-order valence-electron chi connectivity index (χ1n) is 8.06. The van der Waals surface area contributed by atoms with Crippen LogP contribution in [0.5, 0.6) is 0 Å². The predicted octanol–water partition coefficient (Wildman–Crippen LogP) is 3.42. The molecule has 4 heteroatoms. The van der Waals surface area contributed by atoms with Gasteiger partial charge in [-0.25, -0.2) is 9.97 Å². The van der Waals surface area contributed by atoms with Crippen LogP contribution in [0.4, 0.5) is 5.69 Å². The number of hydrogen-bond donors (Lipinski definition) is 1. The molecule has 1 aliphatic rings. The Kier molecular flexibility index (Phi) is 3.79. The molecule has 0 bridgehead atoms. The van der Waals surface area contributed by atoms with Crippen molar-refractivity contribution in [1.29, 1.82) is 0 Å². The van der Waals surface area contributed by atoms with E-state index in [1.54, 1.807) is 6.33 Å².